The van der Waals surface area contributed by atoms with Gasteiger partial charge in [-0.15, -0.1) is 0 Å². The van der Waals surface area contributed by atoms with Gasteiger partial charge in [-0.1, -0.05) is 29.9 Å². The molecule has 0 atom stereocenters. The third-order valence-corrected chi connectivity index (χ3v) is 5.15. The molecular weight excluding hydrogens is 404 g/mol. The van der Waals surface area contributed by atoms with Crippen LogP contribution < -0.4 is 19.4 Å². The van der Waals surface area contributed by atoms with Gasteiger partial charge < -0.3 is 19.8 Å². The van der Waals surface area contributed by atoms with Crippen molar-refractivity contribution in [3.8, 4) is 11.5 Å². The van der Waals surface area contributed by atoms with Crippen molar-refractivity contribution in [1.82, 2.24) is 19.9 Å². The van der Waals surface area contributed by atoms with E-state index in [1.165, 1.54) is 0 Å². The largest absolute Gasteiger partial charge is 0.493 e. The molecule has 0 radical (unpaired) electrons. The number of aromatic nitrogens is 5. The van der Waals surface area contributed by atoms with Crippen LogP contribution in [0.2, 0.25) is 0 Å². The number of rotatable bonds is 9. The van der Waals surface area contributed by atoms with Crippen LogP contribution in [0, 0.1) is 0 Å². The maximum Gasteiger partial charge on any atom is 0.294 e. The molecule has 0 unspecified atom stereocenters. The van der Waals surface area contributed by atoms with Crippen molar-refractivity contribution < 1.29 is 14.0 Å². The van der Waals surface area contributed by atoms with Crippen molar-refractivity contribution in [1.29, 1.82) is 0 Å². The highest BCUT2D eigenvalue weighted by atomic mass is 16.5. The summed E-state index contributed by atoms with van der Waals surface area (Å²) >= 11 is 0. The van der Waals surface area contributed by atoms with Crippen molar-refractivity contribution >= 4 is 17.0 Å². The number of nitrogens with zero attached hydrogens (tertiary/aromatic N) is 4. The van der Waals surface area contributed by atoms with Gasteiger partial charge in [0.05, 0.1) is 13.7 Å². The molecule has 1 aromatic carbocycles. The first-order valence-corrected chi connectivity index (χ1v) is 10.8. The summed E-state index contributed by atoms with van der Waals surface area (Å²) in [4.78, 5) is 16.9. The summed E-state index contributed by atoms with van der Waals surface area (Å²) < 4.78 is 13.6. The van der Waals surface area contributed by atoms with E-state index < -0.39 is 0 Å². The fourth-order valence-corrected chi connectivity index (χ4v) is 3.46. The summed E-state index contributed by atoms with van der Waals surface area (Å²) in [6, 6.07) is 9.84. The molecule has 8 heteroatoms. The van der Waals surface area contributed by atoms with Gasteiger partial charge in [0.1, 0.15) is 6.61 Å². The minimum Gasteiger partial charge on any atom is -0.493 e. The molecule has 0 aliphatic rings. The predicted molar refractivity (Wildman–Crippen MR) is 123 cm³/mol. The topological polar surface area (TPSA) is 88.8 Å². The van der Waals surface area contributed by atoms with Crippen molar-refractivity contribution in [3.05, 3.63) is 66.0 Å². The van der Waals surface area contributed by atoms with E-state index in [-0.39, 0.29) is 0 Å². The van der Waals surface area contributed by atoms with Crippen LogP contribution in [0.4, 0.5) is 5.82 Å². The van der Waals surface area contributed by atoms with Crippen LogP contribution in [0.1, 0.15) is 43.6 Å². The number of aromatic amines is 1. The van der Waals surface area contributed by atoms with Gasteiger partial charge in [-0.25, -0.2) is 4.57 Å². The molecule has 8 nitrogen and oxygen atoms in total. The number of anilines is 1. The molecule has 3 aromatic heterocycles. The van der Waals surface area contributed by atoms with Crippen LogP contribution in [-0.2, 0) is 13.2 Å². The van der Waals surface area contributed by atoms with Gasteiger partial charge in [-0.3, -0.25) is 4.98 Å². The average Bonchev–Trinajstić information content (AvgIpc) is 3.27. The van der Waals surface area contributed by atoms with E-state index in [4.69, 9.17) is 14.5 Å². The summed E-state index contributed by atoms with van der Waals surface area (Å²) in [5.41, 5.74) is 3.90. The normalized spacial score (nSPS) is 11.2. The minimum atomic E-state index is 0.291. The molecule has 0 amide bonds. The average molecular weight is 434 g/mol. The number of fused-ring (bicyclic) bond motifs is 1. The molecule has 2 N–H and O–H groups in total. The predicted octanol–water partition coefficient (Wildman–Crippen LogP) is 3.83. The second-order valence-corrected chi connectivity index (χ2v) is 7.86. The first-order chi connectivity index (χ1) is 15.6. The van der Waals surface area contributed by atoms with Crippen LogP contribution in [-0.4, -0.2) is 33.6 Å². The number of pyridine rings is 1. The number of hydrogen-bond acceptors (Lipinski definition) is 6. The Balaban J connectivity index is 1.64. The van der Waals surface area contributed by atoms with Gasteiger partial charge in [0.15, 0.2) is 22.8 Å². The smallest absolute Gasteiger partial charge is 0.294 e. The van der Waals surface area contributed by atoms with Gasteiger partial charge in [0.2, 0.25) is 12.1 Å². The van der Waals surface area contributed by atoms with Gasteiger partial charge in [-0.05, 0) is 42.3 Å². The molecule has 0 aliphatic carbocycles. The number of nitrogens with one attached hydrogen (secondary N) is 2. The molecule has 0 aliphatic heterocycles. The van der Waals surface area contributed by atoms with Crippen LogP contribution in [0.25, 0.3) is 11.2 Å². The Kier molecular flexibility index (Phi) is 6.49. The molecule has 0 spiro atoms. The van der Waals surface area contributed by atoms with Gasteiger partial charge in [0, 0.05) is 24.9 Å². The lowest BCUT2D eigenvalue weighted by atomic mass is 10.2. The molecule has 0 bridgehead atoms. The maximum absolute atomic E-state index is 6.06. The Morgan fingerprint density at radius 3 is 2.62 bits per heavy atom. The third-order valence-electron chi connectivity index (χ3n) is 5.15. The first-order valence-electron chi connectivity index (χ1n) is 10.8. The van der Waals surface area contributed by atoms with E-state index in [1.54, 1.807) is 19.5 Å². The van der Waals surface area contributed by atoms with E-state index in [0.29, 0.717) is 30.6 Å². The Labute approximate surface area is 187 Å². The number of H-pyrrole nitrogens is 1. The standard InChI is InChI=1S/C24H28N6O2/c1-5-26-23-21-24(29-22(28-21)16(2)3)30(15-27-23)13-18-6-7-19(31-4)20(12-18)32-14-17-8-10-25-11-9-17/h6-12,15-16H,5,13-14H2,1-4H3,(H,26,28,29)/p+1. The fourth-order valence-electron chi connectivity index (χ4n) is 3.46. The molecule has 166 valence electrons. The Morgan fingerprint density at radius 1 is 1.09 bits per heavy atom. The lowest BCUT2D eigenvalue weighted by Crippen LogP contribution is -2.36. The second-order valence-electron chi connectivity index (χ2n) is 7.86. The zero-order valence-electron chi connectivity index (χ0n) is 18.9. The van der Waals surface area contributed by atoms with Crippen molar-refractivity contribution in [2.75, 3.05) is 19.0 Å². The van der Waals surface area contributed by atoms with E-state index in [0.717, 1.165) is 40.5 Å². The van der Waals surface area contributed by atoms with Crippen molar-refractivity contribution in [2.45, 2.75) is 39.8 Å². The van der Waals surface area contributed by atoms with E-state index in [2.05, 4.69) is 41.0 Å². The number of ether oxygens (including phenoxy) is 2. The van der Waals surface area contributed by atoms with E-state index in [1.807, 2.05) is 41.2 Å². The van der Waals surface area contributed by atoms with Gasteiger partial charge in [-0.2, -0.15) is 0 Å². The lowest BCUT2D eigenvalue weighted by Gasteiger charge is -2.12. The van der Waals surface area contributed by atoms with Crippen molar-refractivity contribution in [2.24, 2.45) is 0 Å². The number of benzene rings is 1. The van der Waals surface area contributed by atoms with Gasteiger partial charge in [0.25, 0.3) is 5.65 Å². The first kappa shape index (κ1) is 21.5. The molecule has 3 heterocycles. The molecule has 0 saturated heterocycles. The summed E-state index contributed by atoms with van der Waals surface area (Å²) in [7, 11) is 1.65. The summed E-state index contributed by atoms with van der Waals surface area (Å²) in [6.45, 7) is 8.14. The maximum atomic E-state index is 6.06. The quantitative estimate of drug-likeness (QED) is 0.390. The number of imidazole rings is 1. The highest BCUT2D eigenvalue weighted by Crippen LogP contribution is 2.29. The lowest BCUT2D eigenvalue weighted by molar-refractivity contribution is -0.667. The molecule has 32 heavy (non-hydrogen) atoms. The second kappa shape index (κ2) is 9.64. The van der Waals surface area contributed by atoms with Gasteiger partial charge >= 0.3 is 0 Å². The van der Waals surface area contributed by atoms with E-state index in [9.17, 15) is 0 Å². The number of methoxy groups -OCH3 is 1. The molecule has 4 aromatic rings. The zero-order valence-corrected chi connectivity index (χ0v) is 18.9. The zero-order chi connectivity index (χ0) is 22.5. The Morgan fingerprint density at radius 2 is 1.91 bits per heavy atom. The molecule has 0 fully saturated rings. The van der Waals surface area contributed by atoms with Crippen LogP contribution in [0.3, 0.4) is 0 Å². The van der Waals surface area contributed by atoms with Crippen LogP contribution in [0.5, 0.6) is 11.5 Å². The summed E-state index contributed by atoms with van der Waals surface area (Å²) in [6.07, 6.45) is 5.34. The fraction of sp³-hybridized carbons (Fsp3) is 0.333. The highest BCUT2D eigenvalue weighted by Gasteiger charge is 2.21. The highest BCUT2D eigenvalue weighted by molar-refractivity contribution is 5.80. The molecule has 0 saturated carbocycles. The summed E-state index contributed by atoms with van der Waals surface area (Å²) in [5.74, 6) is 3.44. The Bertz CT molecular complexity index is 1190. The van der Waals surface area contributed by atoms with E-state index >= 15 is 0 Å². The van der Waals surface area contributed by atoms with Crippen molar-refractivity contribution in [3.63, 3.8) is 0 Å². The summed E-state index contributed by atoms with van der Waals surface area (Å²) in [5, 5.41) is 3.31. The molecular formula is C24H29N6O2+. The monoisotopic (exact) mass is 433 g/mol. The number of hydrogen-bond donors (Lipinski definition) is 2. The third kappa shape index (κ3) is 4.64. The SMILES string of the molecule is CCNc1nc[n+](Cc2ccc(OC)c(OCc3ccncc3)c2)c2nc(C(C)C)[nH]c12. The minimum absolute atomic E-state index is 0.291. The van der Waals surface area contributed by atoms with Crippen LogP contribution in [0.15, 0.2) is 49.1 Å². The Hall–Kier alpha value is -3.68. The molecule has 4 rings (SSSR count). The van der Waals surface area contributed by atoms with Crippen LogP contribution >= 0.6 is 0 Å².